The van der Waals surface area contributed by atoms with Crippen molar-refractivity contribution in [2.45, 2.75) is 26.2 Å². The fourth-order valence-corrected chi connectivity index (χ4v) is 3.12. The van der Waals surface area contributed by atoms with Gasteiger partial charge in [-0.3, -0.25) is 4.99 Å². The van der Waals surface area contributed by atoms with E-state index >= 15 is 0 Å². The molecule has 0 radical (unpaired) electrons. The lowest BCUT2D eigenvalue weighted by Gasteiger charge is -2.22. The summed E-state index contributed by atoms with van der Waals surface area (Å²) in [7, 11) is 2.12. The molecule has 0 aromatic heterocycles. The van der Waals surface area contributed by atoms with Crippen LogP contribution in [0.2, 0.25) is 0 Å². The molecule has 0 bridgehead atoms. The zero-order chi connectivity index (χ0) is 17.2. The number of benzene rings is 1. The molecule has 1 saturated heterocycles. The minimum atomic E-state index is 0.639. The fraction of sp³-hybridized carbons (Fsp3) is 0.550. The van der Waals surface area contributed by atoms with Gasteiger partial charge in [-0.1, -0.05) is 24.3 Å². The number of guanidine groups is 1. The van der Waals surface area contributed by atoms with Gasteiger partial charge in [-0.25, -0.2) is 0 Å². The van der Waals surface area contributed by atoms with Gasteiger partial charge >= 0.3 is 0 Å². The van der Waals surface area contributed by atoms with E-state index < -0.39 is 0 Å². The minimum absolute atomic E-state index is 0.639. The first-order chi connectivity index (χ1) is 11.7. The molecule has 4 heteroatoms. The lowest BCUT2D eigenvalue weighted by atomic mass is 10.1. The standard InChI is InChI=1S/C20H32N4/c1-4-6-10-14-23(3)20(21-5-2)22-16-18-13-15-24(17-18)19-11-8-7-9-12-19/h4,7-9,11-12,18H,1,5-6,10,13-17H2,2-3H3,(H,21,22). The van der Waals surface area contributed by atoms with Crippen LogP contribution in [-0.4, -0.2) is 50.6 Å². The molecule has 1 aliphatic heterocycles. The summed E-state index contributed by atoms with van der Waals surface area (Å²) in [6.07, 6.45) is 5.38. The van der Waals surface area contributed by atoms with E-state index in [0.29, 0.717) is 5.92 Å². The number of para-hydroxylation sites is 1. The van der Waals surface area contributed by atoms with Crippen molar-refractivity contribution in [1.82, 2.24) is 10.2 Å². The summed E-state index contributed by atoms with van der Waals surface area (Å²) in [5, 5.41) is 3.41. The van der Waals surface area contributed by atoms with Crippen molar-refractivity contribution >= 4 is 11.6 Å². The predicted octanol–water partition coefficient (Wildman–Crippen LogP) is 3.38. The number of nitrogens with zero attached hydrogens (tertiary/aromatic N) is 3. The van der Waals surface area contributed by atoms with E-state index in [9.17, 15) is 0 Å². The van der Waals surface area contributed by atoms with Gasteiger partial charge in [-0.15, -0.1) is 6.58 Å². The summed E-state index contributed by atoms with van der Waals surface area (Å²) in [5.74, 6) is 1.67. The normalized spacial score (nSPS) is 17.8. The van der Waals surface area contributed by atoms with E-state index in [1.807, 2.05) is 6.08 Å². The van der Waals surface area contributed by atoms with Gasteiger partial charge in [0.25, 0.3) is 0 Å². The van der Waals surface area contributed by atoms with E-state index in [-0.39, 0.29) is 0 Å². The number of anilines is 1. The Labute approximate surface area is 147 Å². The Morgan fingerprint density at radius 3 is 2.92 bits per heavy atom. The zero-order valence-corrected chi connectivity index (χ0v) is 15.2. The third-order valence-corrected chi connectivity index (χ3v) is 4.50. The Kier molecular flexibility index (Phi) is 7.66. The van der Waals surface area contributed by atoms with Crippen molar-refractivity contribution in [3.05, 3.63) is 43.0 Å². The van der Waals surface area contributed by atoms with Crippen LogP contribution in [0.1, 0.15) is 26.2 Å². The molecular weight excluding hydrogens is 296 g/mol. The Morgan fingerprint density at radius 2 is 2.21 bits per heavy atom. The lowest BCUT2D eigenvalue weighted by molar-refractivity contribution is 0.466. The second kappa shape index (κ2) is 10.0. The van der Waals surface area contributed by atoms with Crippen molar-refractivity contribution in [1.29, 1.82) is 0 Å². The van der Waals surface area contributed by atoms with Crippen LogP contribution in [-0.2, 0) is 0 Å². The molecule has 132 valence electrons. The Balaban J connectivity index is 1.86. The molecule has 4 nitrogen and oxygen atoms in total. The molecule has 0 saturated carbocycles. The minimum Gasteiger partial charge on any atom is -0.371 e. The van der Waals surface area contributed by atoms with E-state index in [2.05, 4.69) is 66.0 Å². The van der Waals surface area contributed by atoms with Gasteiger partial charge in [-0.2, -0.15) is 0 Å². The average molecular weight is 329 g/mol. The Bertz CT molecular complexity index is 512. The number of rotatable bonds is 8. The topological polar surface area (TPSA) is 30.9 Å². The van der Waals surface area contributed by atoms with Gasteiger partial charge in [0, 0.05) is 45.5 Å². The molecular formula is C20H32N4. The van der Waals surface area contributed by atoms with Crippen LogP contribution in [0.4, 0.5) is 5.69 Å². The van der Waals surface area contributed by atoms with Crippen molar-refractivity contribution in [3.63, 3.8) is 0 Å². The SMILES string of the molecule is C=CCCCN(C)C(=NCC1CCN(c2ccccc2)C1)NCC. The van der Waals surface area contributed by atoms with E-state index in [1.165, 1.54) is 12.1 Å². The van der Waals surface area contributed by atoms with E-state index in [1.54, 1.807) is 0 Å². The molecule has 24 heavy (non-hydrogen) atoms. The summed E-state index contributed by atoms with van der Waals surface area (Å²) in [4.78, 5) is 9.59. The third kappa shape index (κ3) is 5.59. The van der Waals surface area contributed by atoms with Crippen LogP contribution in [0, 0.1) is 5.92 Å². The summed E-state index contributed by atoms with van der Waals surface area (Å²) in [6, 6.07) is 10.7. The van der Waals surface area contributed by atoms with Gasteiger partial charge in [-0.05, 0) is 44.2 Å². The van der Waals surface area contributed by atoms with Crippen LogP contribution in [0.25, 0.3) is 0 Å². The quantitative estimate of drug-likeness (QED) is 0.343. The highest BCUT2D eigenvalue weighted by molar-refractivity contribution is 5.79. The Morgan fingerprint density at radius 1 is 1.42 bits per heavy atom. The van der Waals surface area contributed by atoms with Crippen molar-refractivity contribution in [2.75, 3.05) is 44.7 Å². The molecule has 0 amide bonds. The maximum Gasteiger partial charge on any atom is 0.193 e. The van der Waals surface area contributed by atoms with E-state index in [4.69, 9.17) is 4.99 Å². The molecule has 1 aromatic carbocycles. The molecule has 1 heterocycles. The molecule has 1 aliphatic rings. The summed E-state index contributed by atoms with van der Waals surface area (Å²) in [5.41, 5.74) is 1.33. The first-order valence-electron chi connectivity index (χ1n) is 9.15. The fourth-order valence-electron chi connectivity index (χ4n) is 3.12. The van der Waals surface area contributed by atoms with Gasteiger partial charge in [0.15, 0.2) is 5.96 Å². The molecule has 1 atom stereocenters. The molecule has 1 aromatic rings. The first-order valence-corrected chi connectivity index (χ1v) is 9.15. The summed E-state index contributed by atoms with van der Waals surface area (Å²) >= 11 is 0. The van der Waals surface area contributed by atoms with E-state index in [0.717, 1.165) is 51.5 Å². The number of allylic oxidation sites excluding steroid dienone is 1. The smallest absolute Gasteiger partial charge is 0.193 e. The number of hydrogen-bond acceptors (Lipinski definition) is 2. The largest absolute Gasteiger partial charge is 0.371 e. The molecule has 1 unspecified atom stereocenters. The van der Waals surface area contributed by atoms with Crippen molar-refractivity contribution in [3.8, 4) is 0 Å². The molecule has 2 rings (SSSR count). The highest BCUT2D eigenvalue weighted by Crippen LogP contribution is 2.23. The van der Waals surface area contributed by atoms with Gasteiger partial charge in [0.1, 0.15) is 0 Å². The monoisotopic (exact) mass is 328 g/mol. The molecule has 0 spiro atoms. The molecule has 1 N–H and O–H groups in total. The van der Waals surface area contributed by atoms with Gasteiger partial charge in [0.05, 0.1) is 0 Å². The molecule has 1 fully saturated rings. The second-order valence-electron chi connectivity index (χ2n) is 6.48. The van der Waals surface area contributed by atoms with Crippen LogP contribution >= 0.6 is 0 Å². The lowest BCUT2D eigenvalue weighted by Crippen LogP contribution is -2.39. The number of nitrogens with one attached hydrogen (secondary N) is 1. The van der Waals surface area contributed by atoms with Crippen LogP contribution in [0.15, 0.2) is 48.0 Å². The van der Waals surface area contributed by atoms with Crippen LogP contribution in [0.5, 0.6) is 0 Å². The summed E-state index contributed by atoms with van der Waals surface area (Å²) in [6.45, 7) is 11.0. The molecule has 0 aliphatic carbocycles. The number of aliphatic imine (C=N–C) groups is 1. The van der Waals surface area contributed by atoms with Crippen molar-refractivity contribution in [2.24, 2.45) is 10.9 Å². The highest BCUT2D eigenvalue weighted by atomic mass is 15.3. The van der Waals surface area contributed by atoms with Crippen LogP contribution in [0.3, 0.4) is 0 Å². The van der Waals surface area contributed by atoms with Crippen molar-refractivity contribution < 1.29 is 0 Å². The maximum absolute atomic E-state index is 4.88. The third-order valence-electron chi connectivity index (χ3n) is 4.50. The predicted molar refractivity (Wildman–Crippen MR) is 105 cm³/mol. The summed E-state index contributed by atoms with van der Waals surface area (Å²) < 4.78 is 0. The first kappa shape index (κ1) is 18.4. The Hall–Kier alpha value is -1.97. The number of hydrogen-bond donors (Lipinski definition) is 1. The average Bonchev–Trinajstić information content (AvgIpc) is 3.08. The maximum atomic E-state index is 4.88. The van der Waals surface area contributed by atoms with Gasteiger partial charge < -0.3 is 15.1 Å². The number of unbranched alkanes of at least 4 members (excludes halogenated alkanes) is 1. The zero-order valence-electron chi connectivity index (χ0n) is 15.2. The van der Waals surface area contributed by atoms with Gasteiger partial charge in [0.2, 0.25) is 0 Å². The second-order valence-corrected chi connectivity index (χ2v) is 6.48. The highest BCUT2D eigenvalue weighted by Gasteiger charge is 2.22. The van der Waals surface area contributed by atoms with Crippen LogP contribution < -0.4 is 10.2 Å².